The number of anilines is 2. The number of nitrogens with zero attached hydrogens (tertiary/aromatic N) is 2. The third-order valence-electron chi connectivity index (χ3n) is 5.02. The van der Waals surface area contributed by atoms with Gasteiger partial charge in [-0.2, -0.15) is 0 Å². The average Bonchev–Trinajstić information content (AvgIpc) is 3.30. The lowest BCUT2D eigenvalue weighted by Gasteiger charge is -2.21. The van der Waals surface area contributed by atoms with Gasteiger partial charge in [-0.05, 0) is 57.7 Å². The summed E-state index contributed by atoms with van der Waals surface area (Å²) in [6.07, 6.45) is 0. The van der Waals surface area contributed by atoms with Gasteiger partial charge in [-0.1, -0.05) is 12.1 Å². The zero-order valence-corrected chi connectivity index (χ0v) is 23.0. The van der Waals surface area contributed by atoms with Crippen LogP contribution in [0.25, 0.3) is 21.6 Å². The Kier molecular flexibility index (Phi) is 7.84. The van der Waals surface area contributed by atoms with Gasteiger partial charge in [0.05, 0.1) is 17.0 Å². The number of hydrogen-bond donors (Lipinski definition) is 6. The minimum absolute atomic E-state index is 0.107. The highest BCUT2D eigenvalue weighted by molar-refractivity contribution is 9.10. The van der Waals surface area contributed by atoms with E-state index < -0.39 is 20.7 Å². The predicted molar refractivity (Wildman–Crippen MR) is 143 cm³/mol. The second-order valence-electron chi connectivity index (χ2n) is 7.62. The largest absolute Gasteiger partial charge is 0.496 e. The molecule has 2 aromatic carbocycles. The summed E-state index contributed by atoms with van der Waals surface area (Å²) in [6, 6.07) is 13.0. The van der Waals surface area contributed by atoms with E-state index in [4.69, 9.17) is 4.74 Å². The Hall–Kier alpha value is -2.67. The molecule has 0 spiro atoms. The van der Waals surface area contributed by atoms with Gasteiger partial charge in [0.15, 0.2) is 5.82 Å². The smallest absolute Gasteiger partial charge is 0.360 e. The van der Waals surface area contributed by atoms with Crippen molar-refractivity contribution in [2.75, 3.05) is 17.7 Å². The molecule has 0 aliphatic heterocycles. The van der Waals surface area contributed by atoms with Gasteiger partial charge >= 0.3 is 15.2 Å². The molecule has 0 fully saturated rings. The van der Waals surface area contributed by atoms with Crippen LogP contribution in [0.3, 0.4) is 0 Å². The number of ether oxygens (including phenoxy) is 1. The standard InChI is InChI=1S/C21H19BrN4O8P2S/c1-34-16-6-5-12(10-15(16)22)19(27)23-13-4-2-3-11(9-13)17-24-18(14-7-8-37-20(14)25-17)26-21(35(28,29)30)36(31,32)33/h2-10,21H,1H3,(H,23,27)(H,24,25,26)(H2,28,29,30)(H2,31,32,33). The van der Waals surface area contributed by atoms with Crippen molar-refractivity contribution in [3.05, 3.63) is 63.9 Å². The number of aromatic nitrogens is 2. The zero-order chi connectivity index (χ0) is 27.0. The van der Waals surface area contributed by atoms with Crippen molar-refractivity contribution >= 4 is 70.1 Å². The fourth-order valence-corrected chi connectivity index (χ4v) is 6.78. The predicted octanol–water partition coefficient (Wildman–Crippen LogP) is 4.43. The molecule has 4 rings (SSSR count). The number of fused-ring (bicyclic) bond motifs is 1. The van der Waals surface area contributed by atoms with E-state index in [0.29, 0.717) is 37.3 Å². The van der Waals surface area contributed by atoms with Gasteiger partial charge in [-0.15, -0.1) is 11.3 Å². The Morgan fingerprint density at radius 3 is 2.43 bits per heavy atom. The van der Waals surface area contributed by atoms with Crippen molar-refractivity contribution < 1.29 is 38.2 Å². The van der Waals surface area contributed by atoms with Gasteiger partial charge in [0.2, 0.25) is 5.52 Å². The van der Waals surface area contributed by atoms with Gasteiger partial charge in [0.1, 0.15) is 16.4 Å². The molecular weight excluding hydrogens is 610 g/mol. The van der Waals surface area contributed by atoms with Gasteiger partial charge < -0.3 is 34.9 Å². The number of hydrogen-bond acceptors (Lipinski definition) is 8. The monoisotopic (exact) mass is 628 g/mol. The summed E-state index contributed by atoms with van der Waals surface area (Å²) in [4.78, 5) is 59.9. The number of halogens is 1. The van der Waals surface area contributed by atoms with Crippen molar-refractivity contribution in [2.45, 2.75) is 5.52 Å². The zero-order valence-electron chi connectivity index (χ0n) is 18.8. The van der Waals surface area contributed by atoms with Crippen LogP contribution in [0.4, 0.5) is 11.5 Å². The molecule has 16 heteroatoms. The van der Waals surface area contributed by atoms with Crippen LogP contribution < -0.4 is 15.4 Å². The number of benzene rings is 2. The summed E-state index contributed by atoms with van der Waals surface area (Å²) in [6.45, 7) is 0. The van der Waals surface area contributed by atoms with Crippen LogP contribution in [0.1, 0.15) is 10.4 Å². The summed E-state index contributed by atoms with van der Waals surface area (Å²) in [7, 11) is -9.01. The average molecular weight is 629 g/mol. The Morgan fingerprint density at radius 2 is 1.78 bits per heavy atom. The lowest BCUT2D eigenvalue weighted by atomic mass is 10.1. The first-order valence-electron chi connectivity index (χ1n) is 10.2. The summed E-state index contributed by atoms with van der Waals surface area (Å²) in [5, 5.41) is 6.99. The van der Waals surface area contributed by atoms with Gasteiger partial charge in [-0.25, -0.2) is 9.97 Å². The topological polar surface area (TPSA) is 191 Å². The molecule has 4 aromatic rings. The Morgan fingerprint density at radius 1 is 1.05 bits per heavy atom. The van der Waals surface area contributed by atoms with Crippen LogP contribution in [-0.4, -0.2) is 48.1 Å². The summed E-state index contributed by atoms with van der Waals surface area (Å²) in [5.41, 5.74) is -1.25. The number of carbonyl (C=O) groups is 1. The summed E-state index contributed by atoms with van der Waals surface area (Å²) >= 11 is 4.55. The second kappa shape index (κ2) is 10.6. The SMILES string of the molecule is COc1ccc(C(=O)Nc2cccc(-c3nc(NC(P(=O)(O)O)P(=O)(O)O)c4ccsc4n3)c2)cc1Br. The normalized spacial score (nSPS) is 12.1. The van der Waals surface area contributed by atoms with Crippen LogP contribution in [0.15, 0.2) is 58.4 Å². The van der Waals surface area contributed by atoms with Crippen LogP contribution in [-0.2, 0) is 9.13 Å². The van der Waals surface area contributed by atoms with E-state index in [1.54, 1.807) is 53.9 Å². The minimum atomic E-state index is -5.26. The second-order valence-corrected chi connectivity index (χ2v) is 13.2. The Balaban J connectivity index is 1.67. The summed E-state index contributed by atoms with van der Waals surface area (Å²) < 4.78 is 29.3. The molecular formula is C21H19BrN4O8P2S. The lowest BCUT2D eigenvalue weighted by molar-refractivity contribution is 0.102. The number of rotatable bonds is 8. The first kappa shape index (κ1) is 27.4. The van der Waals surface area contributed by atoms with E-state index in [-0.39, 0.29) is 17.5 Å². The maximum atomic E-state index is 12.8. The van der Waals surface area contributed by atoms with Crippen molar-refractivity contribution in [2.24, 2.45) is 0 Å². The molecule has 0 saturated carbocycles. The highest BCUT2D eigenvalue weighted by Crippen LogP contribution is 2.59. The molecule has 1 amide bonds. The molecule has 0 radical (unpaired) electrons. The van der Waals surface area contributed by atoms with Crippen molar-refractivity contribution in [1.82, 2.24) is 9.97 Å². The number of thiophene rings is 1. The van der Waals surface area contributed by atoms with E-state index in [2.05, 4.69) is 36.5 Å². The van der Waals surface area contributed by atoms with E-state index >= 15 is 0 Å². The molecule has 0 aliphatic rings. The van der Waals surface area contributed by atoms with E-state index in [9.17, 15) is 33.5 Å². The molecule has 2 aromatic heterocycles. The molecule has 2 heterocycles. The first-order chi connectivity index (χ1) is 17.4. The molecule has 0 unspecified atom stereocenters. The van der Waals surface area contributed by atoms with Crippen molar-refractivity contribution in [1.29, 1.82) is 0 Å². The van der Waals surface area contributed by atoms with Crippen LogP contribution in [0.5, 0.6) is 5.75 Å². The van der Waals surface area contributed by atoms with Crippen LogP contribution in [0, 0.1) is 0 Å². The van der Waals surface area contributed by atoms with Crippen LogP contribution >= 0.6 is 42.5 Å². The molecule has 0 bridgehead atoms. The molecule has 0 atom stereocenters. The molecule has 37 heavy (non-hydrogen) atoms. The summed E-state index contributed by atoms with van der Waals surface area (Å²) in [5.74, 6) is 0.138. The molecule has 194 valence electrons. The van der Waals surface area contributed by atoms with Crippen molar-refractivity contribution in [3.8, 4) is 17.1 Å². The molecule has 0 saturated heterocycles. The van der Waals surface area contributed by atoms with Crippen LogP contribution in [0.2, 0.25) is 0 Å². The van der Waals surface area contributed by atoms with E-state index in [0.717, 1.165) is 0 Å². The highest BCUT2D eigenvalue weighted by atomic mass is 79.9. The van der Waals surface area contributed by atoms with Gasteiger partial charge in [0, 0.05) is 16.8 Å². The maximum Gasteiger partial charge on any atom is 0.360 e. The fraction of sp³-hybridized carbons (Fsp3) is 0.0952. The maximum absolute atomic E-state index is 12.8. The first-order valence-corrected chi connectivity index (χ1v) is 15.3. The van der Waals surface area contributed by atoms with E-state index in [1.165, 1.54) is 18.4 Å². The van der Waals surface area contributed by atoms with Gasteiger partial charge in [-0.3, -0.25) is 13.9 Å². The van der Waals surface area contributed by atoms with Gasteiger partial charge in [0.25, 0.3) is 5.91 Å². The number of amides is 1. The van der Waals surface area contributed by atoms with E-state index in [1.807, 2.05) is 0 Å². The number of methoxy groups -OCH3 is 1. The lowest BCUT2D eigenvalue weighted by Crippen LogP contribution is -2.21. The quantitative estimate of drug-likeness (QED) is 0.151. The molecule has 12 nitrogen and oxygen atoms in total. The number of carbonyl (C=O) groups excluding carboxylic acids is 1. The Labute approximate surface area is 222 Å². The third-order valence-corrected chi connectivity index (χ3v) is 9.78. The van der Waals surface area contributed by atoms with Crippen molar-refractivity contribution in [3.63, 3.8) is 0 Å². The minimum Gasteiger partial charge on any atom is -0.496 e. The molecule has 0 aliphatic carbocycles. The fourth-order valence-electron chi connectivity index (χ4n) is 3.33. The third kappa shape index (κ3) is 6.25. The number of nitrogens with one attached hydrogen (secondary N) is 2. The molecule has 6 N–H and O–H groups in total. The highest BCUT2D eigenvalue weighted by Gasteiger charge is 2.44. The Bertz CT molecular complexity index is 1570.